The molecule has 0 bridgehead atoms. The maximum Gasteiger partial charge on any atom is 0.00924 e. The van der Waals surface area contributed by atoms with Crippen LogP contribution in [-0.4, -0.2) is 0 Å². The third kappa shape index (κ3) is 1.71. The third-order valence-corrected chi connectivity index (χ3v) is 4.05. The molecule has 0 aliphatic heterocycles. The Kier molecular flexibility index (Phi) is 2.31. The molecule has 15 heavy (non-hydrogen) atoms. The molecule has 0 saturated heterocycles. The molecule has 0 unspecified atom stereocenters. The molecule has 0 heterocycles. The van der Waals surface area contributed by atoms with E-state index in [0.29, 0.717) is 0 Å². The molecule has 0 amide bonds. The molecule has 0 fully saturated rings. The van der Waals surface area contributed by atoms with Gasteiger partial charge in [-0.15, -0.1) is 0 Å². The maximum absolute atomic E-state index is 2.37. The zero-order chi connectivity index (χ0) is 10.3. The average Bonchev–Trinajstić information content (AvgIpc) is 2.26. The van der Waals surface area contributed by atoms with E-state index in [4.69, 9.17) is 0 Å². The van der Waals surface area contributed by atoms with Gasteiger partial charge in [0.15, 0.2) is 0 Å². The van der Waals surface area contributed by atoms with Gasteiger partial charge < -0.3 is 0 Å². The first-order valence-electron chi connectivity index (χ1n) is 6.24. The number of allylic oxidation sites excluding steroid dienone is 6. The van der Waals surface area contributed by atoms with Gasteiger partial charge in [-0.05, 0) is 51.9 Å². The van der Waals surface area contributed by atoms with E-state index in [2.05, 4.69) is 19.1 Å². The highest BCUT2D eigenvalue weighted by Gasteiger charge is 2.27. The lowest BCUT2D eigenvalue weighted by Crippen LogP contribution is -2.16. The fourth-order valence-corrected chi connectivity index (χ4v) is 3.17. The van der Waals surface area contributed by atoms with Gasteiger partial charge in [0, 0.05) is 5.92 Å². The Morgan fingerprint density at radius 1 is 0.867 bits per heavy atom. The predicted octanol–water partition coefficient (Wildman–Crippen LogP) is 4.50. The van der Waals surface area contributed by atoms with Gasteiger partial charge in [-0.1, -0.05) is 34.4 Å². The van der Waals surface area contributed by atoms with Crippen LogP contribution in [0.4, 0.5) is 0 Å². The van der Waals surface area contributed by atoms with Crippen LogP contribution in [0.15, 0.2) is 34.4 Å². The van der Waals surface area contributed by atoms with Gasteiger partial charge in [0.1, 0.15) is 0 Å². The number of hydrogen-bond acceptors (Lipinski definition) is 0. The summed E-state index contributed by atoms with van der Waals surface area (Å²) in [4.78, 5) is 0. The van der Waals surface area contributed by atoms with Crippen LogP contribution >= 0.6 is 0 Å². The summed E-state index contributed by atoms with van der Waals surface area (Å²) >= 11 is 0. The highest BCUT2D eigenvalue weighted by molar-refractivity contribution is 5.46. The Hall–Kier alpha value is -0.780. The molecule has 0 spiro atoms. The lowest BCUT2D eigenvalue weighted by Gasteiger charge is -2.34. The van der Waals surface area contributed by atoms with Gasteiger partial charge in [0.2, 0.25) is 0 Å². The van der Waals surface area contributed by atoms with E-state index in [1.54, 1.807) is 22.6 Å². The largest absolute Gasteiger partial charge is 0.0724 e. The van der Waals surface area contributed by atoms with Gasteiger partial charge in [-0.3, -0.25) is 0 Å². The molecule has 3 rings (SSSR count). The minimum atomic E-state index is 1.24. The van der Waals surface area contributed by atoms with Crippen molar-refractivity contribution < 1.29 is 0 Å². The van der Waals surface area contributed by atoms with Gasteiger partial charge in [0.05, 0.1) is 0 Å². The zero-order valence-corrected chi connectivity index (χ0v) is 9.60. The smallest absolute Gasteiger partial charge is 0.00924 e. The summed E-state index contributed by atoms with van der Waals surface area (Å²) in [5.41, 5.74) is 6.75. The fourth-order valence-electron chi connectivity index (χ4n) is 3.17. The lowest BCUT2D eigenvalue weighted by atomic mass is 9.71. The standard InChI is InChI=1S/C15H19/c1-11-6-7-14-9-12-4-2-3-5-13(12)10-15(14)8-11/h6-7H,2-5,8-10H2,1H3. The second kappa shape index (κ2) is 3.66. The average molecular weight is 199 g/mol. The molecule has 0 nitrogen and oxygen atoms in total. The van der Waals surface area contributed by atoms with E-state index < -0.39 is 0 Å². The van der Waals surface area contributed by atoms with E-state index in [-0.39, 0.29) is 0 Å². The minimum Gasteiger partial charge on any atom is -0.0724 e. The second-order valence-corrected chi connectivity index (χ2v) is 5.25. The van der Waals surface area contributed by atoms with Crippen molar-refractivity contribution in [2.24, 2.45) is 0 Å². The molecule has 0 N–H and O–H groups in total. The maximum atomic E-state index is 2.37. The lowest BCUT2D eigenvalue weighted by molar-refractivity contribution is 0.609. The van der Waals surface area contributed by atoms with E-state index in [1.807, 2.05) is 0 Å². The number of rotatable bonds is 0. The molecule has 0 heteroatoms. The SMILES string of the molecule is CC1=CC=C2CC3=C(CCCC3)C[C]2C1. The minimum absolute atomic E-state index is 1.24. The van der Waals surface area contributed by atoms with E-state index >= 15 is 0 Å². The molecule has 3 aliphatic carbocycles. The summed E-state index contributed by atoms with van der Waals surface area (Å²) in [6.07, 6.45) is 14.1. The molecule has 0 aromatic heterocycles. The van der Waals surface area contributed by atoms with Crippen LogP contribution in [0.2, 0.25) is 0 Å². The predicted molar refractivity (Wildman–Crippen MR) is 64.4 cm³/mol. The van der Waals surface area contributed by atoms with Gasteiger partial charge in [-0.25, -0.2) is 0 Å². The van der Waals surface area contributed by atoms with E-state index in [0.717, 1.165) is 0 Å². The van der Waals surface area contributed by atoms with Crippen molar-refractivity contribution in [2.75, 3.05) is 0 Å². The van der Waals surface area contributed by atoms with Crippen LogP contribution in [0.1, 0.15) is 51.9 Å². The quantitative estimate of drug-likeness (QED) is 0.504. The molecule has 1 radical (unpaired) electrons. The second-order valence-electron chi connectivity index (χ2n) is 5.25. The molecule has 0 atom stereocenters. The van der Waals surface area contributed by atoms with Crippen LogP contribution < -0.4 is 0 Å². The van der Waals surface area contributed by atoms with Gasteiger partial charge in [0.25, 0.3) is 0 Å². The molecule has 0 aromatic rings. The fraction of sp³-hybridized carbons (Fsp3) is 0.533. The van der Waals surface area contributed by atoms with Crippen LogP contribution in [-0.2, 0) is 0 Å². The zero-order valence-electron chi connectivity index (χ0n) is 9.60. The Morgan fingerprint density at radius 2 is 1.60 bits per heavy atom. The van der Waals surface area contributed by atoms with Crippen LogP contribution in [0.3, 0.4) is 0 Å². The van der Waals surface area contributed by atoms with Crippen molar-refractivity contribution in [3.05, 3.63) is 40.4 Å². The normalized spacial score (nSPS) is 26.7. The van der Waals surface area contributed by atoms with E-state index in [1.165, 1.54) is 50.5 Å². The van der Waals surface area contributed by atoms with Crippen molar-refractivity contribution >= 4 is 0 Å². The highest BCUT2D eigenvalue weighted by atomic mass is 14.3. The Bertz CT molecular complexity index is 365. The van der Waals surface area contributed by atoms with Crippen molar-refractivity contribution in [3.63, 3.8) is 0 Å². The Morgan fingerprint density at radius 3 is 2.40 bits per heavy atom. The van der Waals surface area contributed by atoms with Crippen molar-refractivity contribution in [3.8, 4) is 0 Å². The first kappa shape index (κ1) is 9.45. The molecule has 3 aliphatic rings. The van der Waals surface area contributed by atoms with Gasteiger partial charge in [-0.2, -0.15) is 0 Å². The summed E-state index contributed by atoms with van der Waals surface area (Å²) in [5.74, 6) is 1.72. The summed E-state index contributed by atoms with van der Waals surface area (Å²) in [5, 5.41) is 0. The summed E-state index contributed by atoms with van der Waals surface area (Å²) in [6.45, 7) is 2.26. The van der Waals surface area contributed by atoms with Crippen molar-refractivity contribution in [2.45, 2.75) is 51.9 Å². The molecule has 0 aromatic carbocycles. The van der Waals surface area contributed by atoms with Crippen molar-refractivity contribution in [1.82, 2.24) is 0 Å². The Labute approximate surface area is 92.8 Å². The highest BCUT2D eigenvalue weighted by Crippen LogP contribution is 2.45. The monoisotopic (exact) mass is 199 g/mol. The topological polar surface area (TPSA) is 0 Å². The summed E-state index contributed by atoms with van der Waals surface area (Å²) in [7, 11) is 0. The molecule has 0 saturated carbocycles. The summed E-state index contributed by atoms with van der Waals surface area (Å²) < 4.78 is 0. The van der Waals surface area contributed by atoms with Gasteiger partial charge >= 0.3 is 0 Å². The van der Waals surface area contributed by atoms with E-state index in [9.17, 15) is 0 Å². The first-order valence-corrected chi connectivity index (χ1v) is 6.24. The van der Waals surface area contributed by atoms with Crippen LogP contribution in [0.25, 0.3) is 0 Å². The first-order chi connectivity index (χ1) is 7.33. The number of hydrogen-bond donors (Lipinski definition) is 0. The molecular formula is C15H19. The summed E-state index contributed by atoms with van der Waals surface area (Å²) in [6, 6.07) is 0. The van der Waals surface area contributed by atoms with Crippen LogP contribution in [0, 0.1) is 5.92 Å². The Balaban J connectivity index is 1.88. The third-order valence-electron chi connectivity index (χ3n) is 4.05. The molecular weight excluding hydrogens is 180 g/mol. The van der Waals surface area contributed by atoms with Crippen LogP contribution in [0.5, 0.6) is 0 Å². The number of fused-ring (bicyclic) bond motifs is 1. The van der Waals surface area contributed by atoms with Crippen molar-refractivity contribution in [1.29, 1.82) is 0 Å². The molecule has 79 valence electrons.